The van der Waals surface area contributed by atoms with Crippen molar-refractivity contribution in [2.45, 2.75) is 27.2 Å². The van der Waals surface area contributed by atoms with Crippen LogP contribution in [0.2, 0.25) is 0 Å². The van der Waals surface area contributed by atoms with Gasteiger partial charge in [-0.05, 0) is 43.5 Å². The molecule has 0 radical (unpaired) electrons. The largest absolute Gasteiger partial charge is 0.497 e. The molecule has 0 N–H and O–H groups in total. The monoisotopic (exact) mass is 370 g/mol. The number of carbonyl (C=O) groups is 1. The lowest BCUT2D eigenvalue weighted by Crippen LogP contribution is -2.11. The van der Waals surface area contributed by atoms with E-state index in [9.17, 15) is 4.79 Å². The summed E-state index contributed by atoms with van der Waals surface area (Å²) in [5, 5.41) is 0. The maximum atomic E-state index is 11.9. The zero-order valence-corrected chi connectivity index (χ0v) is 17.2. The SMILES string of the molecule is C=CC(C=CC(=C(C)C)/C(=C\CC)c1ccc(OC)cc1OC)C(=O)OC. The average Bonchev–Trinajstić information content (AvgIpc) is 2.68. The molecule has 1 unspecified atom stereocenters. The Bertz CT molecular complexity index is 750. The van der Waals surface area contributed by atoms with Crippen LogP contribution in [0.5, 0.6) is 11.5 Å². The zero-order valence-electron chi connectivity index (χ0n) is 17.2. The summed E-state index contributed by atoms with van der Waals surface area (Å²) in [6.07, 6.45) is 8.33. The second-order valence-electron chi connectivity index (χ2n) is 6.15. The van der Waals surface area contributed by atoms with E-state index in [4.69, 9.17) is 14.2 Å². The molecule has 146 valence electrons. The Morgan fingerprint density at radius 2 is 1.89 bits per heavy atom. The molecule has 1 aromatic carbocycles. The summed E-state index contributed by atoms with van der Waals surface area (Å²) in [6, 6.07) is 5.77. The Labute approximate surface area is 162 Å². The molecule has 1 atom stereocenters. The van der Waals surface area contributed by atoms with Crippen molar-refractivity contribution in [1.82, 2.24) is 0 Å². The van der Waals surface area contributed by atoms with Gasteiger partial charge in [-0.25, -0.2) is 0 Å². The summed E-state index contributed by atoms with van der Waals surface area (Å²) < 4.78 is 15.7. The Kier molecular flexibility index (Phi) is 9.14. The third-order valence-electron chi connectivity index (χ3n) is 4.13. The number of ether oxygens (including phenoxy) is 3. The van der Waals surface area contributed by atoms with Crippen molar-refractivity contribution < 1.29 is 19.0 Å². The molecular formula is C23H30O4. The highest BCUT2D eigenvalue weighted by Crippen LogP contribution is 2.36. The first-order chi connectivity index (χ1) is 12.9. The molecule has 0 saturated carbocycles. The number of hydrogen-bond acceptors (Lipinski definition) is 4. The highest BCUT2D eigenvalue weighted by atomic mass is 16.5. The Balaban J connectivity index is 3.47. The van der Waals surface area contributed by atoms with Crippen molar-refractivity contribution in [3.63, 3.8) is 0 Å². The molecule has 27 heavy (non-hydrogen) atoms. The minimum absolute atomic E-state index is 0.336. The van der Waals surface area contributed by atoms with Crippen LogP contribution in [0.25, 0.3) is 5.57 Å². The number of hydrogen-bond donors (Lipinski definition) is 0. The fraction of sp³-hybridized carbons (Fsp3) is 0.348. The number of rotatable bonds is 9. The first-order valence-electron chi connectivity index (χ1n) is 8.92. The van der Waals surface area contributed by atoms with Gasteiger partial charge in [-0.15, -0.1) is 6.58 Å². The molecule has 0 bridgehead atoms. The van der Waals surface area contributed by atoms with Crippen LogP contribution >= 0.6 is 0 Å². The van der Waals surface area contributed by atoms with Crippen LogP contribution in [0.4, 0.5) is 0 Å². The maximum Gasteiger partial charge on any atom is 0.316 e. The van der Waals surface area contributed by atoms with Gasteiger partial charge in [-0.1, -0.05) is 36.8 Å². The predicted molar refractivity (Wildman–Crippen MR) is 111 cm³/mol. The molecule has 0 aliphatic rings. The lowest BCUT2D eigenvalue weighted by molar-refractivity contribution is -0.142. The number of methoxy groups -OCH3 is 3. The van der Waals surface area contributed by atoms with E-state index >= 15 is 0 Å². The van der Waals surface area contributed by atoms with Crippen LogP contribution in [0.1, 0.15) is 32.8 Å². The summed E-state index contributed by atoms with van der Waals surface area (Å²) in [5.41, 5.74) is 4.16. The maximum absolute atomic E-state index is 11.9. The van der Waals surface area contributed by atoms with Gasteiger partial charge in [0.1, 0.15) is 11.5 Å². The van der Waals surface area contributed by atoms with Crippen molar-refractivity contribution in [2.24, 2.45) is 5.92 Å². The Morgan fingerprint density at radius 1 is 1.19 bits per heavy atom. The van der Waals surface area contributed by atoms with E-state index in [0.29, 0.717) is 0 Å². The third kappa shape index (κ3) is 5.88. The second-order valence-corrected chi connectivity index (χ2v) is 6.15. The lowest BCUT2D eigenvalue weighted by atomic mass is 9.91. The van der Waals surface area contributed by atoms with Crippen LogP contribution < -0.4 is 9.47 Å². The highest BCUT2D eigenvalue weighted by Gasteiger charge is 2.16. The van der Waals surface area contributed by atoms with Crippen LogP contribution in [0.3, 0.4) is 0 Å². The van der Waals surface area contributed by atoms with Crippen molar-refractivity contribution >= 4 is 11.5 Å². The highest BCUT2D eigenvalue weighted by molar-refractivity contribution is 5.86. The normalized spacial score (nSPS) is 12.4. The summed E-state index contributed by atoms with van der Waals surface area (Å²) in [4.78, 5) is 11.9. The van der Waals surface area contributed by atoms with E-state index in [0.717, 1.165) is 40.2 Å². The van der Waals surface area contributed by atoms with Gasteiger partial charge in [0, 0.05) is 11.6 Å². The lowest BCUT2D eigenvalue weighted by Gasteiger charge is -2.17. The molecule has 0 heterocycles. The van der Waals surface area contributed by atoms with Gasteiger partial charge in [0.25, 0.3) is 0 Å². The van der Waals surface area contributed by atoms with E-state index in [2.05, 4.69) is 19.6 Å². The van der Waals surface area contributed by atoms with Crippen molar-refractivity contribution in [2.75, 3.05) is 21.3 Å². The molecule has 0 amide bonds. The van der Waals surface area contributed by atoms with Gasteiger partial charge in [0.2, 0.25) is 0 Å². The van der Waals surface area contributed by atoms with Crippen LogP contribution in [0.15, 0.2) is 60.2 Å². The minimum atomic E-state index is -0.495. The van der Waals surface area contributed by atoms with Crippen molar-refractivity contribution in [3.8, 4) is 11.5 Å². The van der Waals surface area contributed by atoms with Gasteiger partial charge in [0.05, 0.1) is 27.2 Å². The summed E-state index contributed by atoms with van der Waals surface area (Å²) in [6.45, 7) is 9.89. The Hall–Kier alpha value is -2.75. The average molecular weight is 370 g/mol. The van der Waals surface area contributed by atoms with Crippen molar-refractivity contribution in [1.29, 1.82) is 0 Å². The minimum Gasteiger partial charge on any atom is -0.497 e. The zero-order chi connectivity index (χ0) is 20.4. The molecule has 0 aliphatic heterocycles. The van der Waals surface area contributed by atoms with Gasteiger partial charge >= 0.3 is 5.97 Å². The fourth-order valence-corrected chi connectivity index (χ4v) is 2.71. The van der Waals surface area contributed by atoms with Crippen molar-refractivity contribution in [3.05, 3.63) is 65.8 Å². The first-order valence-corrected chi connectivity index (χ1v) is 8.92. The predicted octanol–water partition coefficient (Wildman–Crippen LogP) is 5.37. The summed E-state index contributed by atoms with van der Waals surface area (Å²) in [7, 11) is 4.65. The molecule has 0 spiro atoms. The Morgan fingerprint density at radius 3 is 2.37 bits per heavy atom. The molecule has 1 rings (SSSR count). The van der Waals surface area contributed by atoms with Crippen LogP contribution in [-0.2, 0) is 9.53 Å². The molecule has 0 aromatic heterocycles. The molecule has 1 aromatic rings. The summed E-state index contributed by atoms with van der Waals surface area (Å²) >= 11 is 0. The van der Waals surface area contributed by atoms with Gasteiger partial charge in [-0.2, -0.15) is 0 Å². The standard InChI is InChI=1S/C23H30O4/c1-8-10-20(21-14-12-18(25-5)15-22(21)26-6)19(16(3)4)13-11-17(9-2)23(24)27-7/h9-15,17H,2,8H2,1,3-7H3/b13-11?,20-10+. The number of esters is 1. The molecule has 0 aliphatic carbocycles. The number of allylic oxidation sites excluding steroid dienone is 5. The van der Waals surface area contributed by atoms with Gasteiger partial charge in [0.15, 0.2) is 0 Å². The summed E-state index contributed by atoms with van der Waals surface area (Å²) in [5.74, 6) is 0.634. The smallest absolute Gasteiger partial charge is 0.316 e. The fourth-order valence-electron chi connectivity index (χ4n) is 2.71. The molecule has 4 nitrogen and oxygen atoms in total. The molecule has 0 fully saturated rings. The van der Waals surface area contributed by atoms with E-state index in [-0.39, 0.29) is 5.97 Å². The van der Waals surface area contributed by atoms with E-state index in [1.54, 1.807) is 26.4 Å². The molecule has 0 saturated heterocycles. The van der Waals surface area contributed by atoms with Crippen LogP contribution in [0, 0.1) is 5.92 Å². The number of carbonyl (C=O) groups excluding carboxylic acids is 1. The molecular weight excluding hydrogens is 340 g/mol. The topological polar surface area (TPSA) is 44.8 Å². The quantitative estimate of drug-likeness (QED) is 0.333. The first kappa shape index (κ1) is 22.3. The van der Waals surface area contributed by atoms with E-state index < -0.39 is 5.92 Å². The van der Waals surface area contributed by atoms with E-state index in [1.165, 1.54) is 7.11 Å². The second kappa shape index (κ2) is 11.1. The molecule has 4 heteroatoms. The number of benzene rings is 1. The van der Waals surface area contributed by atoms with Crippen LogP contribution in [-0.4, -0.2) is 27.3 Å². The third-order valence-corrected chi connectivity index (χ3v) is 4.13. The van der Waals surface area contributed by atoms with E-state index in [1.807, 2.05) is 38.1 Å². The van der Waals surface area contributed by atoms with Gasteiger partial charge < -0.3 is 14.2 Å². The van der Waals surface area contributed by atoms with Gasteiger partial charge in [-0.3, -0.25) is 4.79 Å².